The number of rotatable bonds is 41. The van der Waals surface area contributed by atoms with Crippen molar-refractivity contribution in [2.45, 2.75) is 196 Å². The van der Waals surface area contributed by atoms with Gasteiger partial charge in [0, 0.05) is 19.1 Å². The van der Waals surface area contributed by atoms with Crippen LogP contribution in [0.2, 0.25) is 0 Å². The zero-order chi connectivity index (χ0) is 73.8. The van der Waals surface area contributed by atoms with Gasteiger partial charge in [-0.2, -0.15) is 0 Å². The summed E-state index contributed by atoms with van der Waals surface area (Å²) in [5.74, 6) is -7.51. The van der Waals surface area contributed by atoms with Gasteiger partial charge >= 0.3 is 18.2 Å². The van der Waals surface area contributed by atoms with Crippen LogP contribution in [-0.4, -0.2) is 128 Å². The van der Waals surface area contributed by atoms with Crippen LogP contribution < -0.4 is 53.6 Å². The molecule has 0 spiro atoms. The number of benzene rings is 4. The standard InChI is InChI=1S/C77H110N10O13/c1-48(2)40-64(84-70(90)61(36-26-38-79-76(96)99-46-58-32-22-16-23-33-58)81-73(93)66(50(5)6)86-68(88)54(11)42-52(9)60(78)44-56-28-18-14-19-29-56)72(92)83-63(45-57-30-20-15-21-31-57)53(10)43-55(12)69(89)87-67(51(7)8)74(94)82-62(71(91)85-65(41-49(3)4)75(95)98-13)37-27-39-80-77(97)100-47-59-34-24-17-25-35-59/h14-25,28-35,42-43,48-51,54-55,60-67H,26-27,36-41,44-47,78H2,1-13H3,(H,79,96)(H,80,97)(H,81,93)(H,82,94)(H,83,92)(H,84,90)(H,85,91)(H,86,88)(H,87,89)/b52-42+,53-43+/t54-,55-,60-,61+,62+,63-,64+,65+,66+,67+/m1/s1. The van der Waals surface area contributed by atoms with E-state index in [1.807, 2.05) is 156 Å². The minimum Gasteiger partial charge on any atom is -0.467 e. The van der Waals surface area contributed by atoms with Crippen molar-refractivity contribution in [3.63, 3.8) is 0 Å². The lowest BCUT2D eigenvalue weighted by Crippen LogP contribution is -2.58. The van der Waals surface area contributed by atoms with Gasteiger partial charge in [-0.15, -0.1) is 0 Å². The van der Waals surface area contributed by atoms with Crippen molar-refractivity contribution in [2.75, 3.05) is 20.2 Å². The Balaban J connectivity index is 1.57. The van der Waals surface area contributed by atoms with E-state index in [1.54, 1.807) is 60.6 Å². The van der Waals surface area contributed by atoms with Crippen molar-refractivity contribution >= 4 is 59.5 Å². The second kappa shape index (κ2) is 43.9. The highest BCUT2D eigenvalue weighted by atomic mass is 16.6. The Morgan fingerprint density at radius 3 is 1.13 bits per heavy atom. The molecule has 4 aromatic rings. The fraction of sp³-hybridized carbons (Fsp3) is 0.506. The van der Waals surface area contributed by atoms with E-state index in [-0.39, 0.29) is 89.1 Å². The van der Waals surface area contributed by atoms with Crippen LogP contribution in [0.3, 0.4) is 0 Å². The Bertz CT molecular complexity index is 3290. The molecule has 0 fully saturated rings. The molecule has 0 unspecified atom stereocenters. The van der Waals surface area contributed by atoms with Gasteiger partial charge in [-0.3, -0.25) is 33.6 Å². The normalized spacial score (nSPS) is 14.7. The second-order valence-corrected chi connectivity index (χ2v) is 27.2. The Morgan fingerprint density at radius 1 is 0.400 bits per heavy atom. The smallest absolute Gasteiger partial charge is 0.407 e. The van der Waals surface area contributed by atoms with Gasteiger partial charge < -0.3 is 67.8 Å². The van der Waals surface area contributed by atoms with Gasteiger partial charge in [0.2, 0.25) is 41.4 Å². The maximum atomic E-state index is 14.9. The number of carbonyl (C=O) groups is 10. The maximum Gasteiger partial charge on any atom is 0.407 e. The molecule has 23 nitrogen and oxygen atoms in total. The number of alkyl carbamates (subject to hydrolysis) is 2. The van der Waals surface area contributed by atoms with E-state index in [0.29, 0.717) is 12.0 Å². The Hall–Kier alpha value is -9.38. The summed E-state index contributed by atoms with van der Waals surface area (Å²) in [6.07, 6.45) is 3.77. The zero-order valence-electron chi connectivity index (χ0n) is 60.7. The number of esters is 1. The molecule has 4 aromatic carbocycles. The second-order valence-electron chi connectivity index (χ2n) is 27.2. The summed E-state index contributed by atoms with van der Waals surface area (Å²) in [5.41, 5.74) is 11.4. The van der Waals surface area contributed by atoms with Crippen LogP contribution in [-0.2, 0) is 78.6 Å². The summed E-state index contributed by atoms with van der Waals surface area (Å²) in [7, 11) is 1.21. The van der Waals surface area contributed by atoms with Crippen LogP contribution in [0.4, 0.5) is 9.59 Å². The summed E-state index contributed by atoms with van der Waals surface area (Å²) < 4.78 is 15.7. The summed E-state index contributed by atoms with van der Waals surface area (Å²) >= 11 is 0. The fourth-order valence-corrected chi connectivity index (χ4v) is 11.0. The summed E-state index contributed by atoms with van der Waals surface area (Å²) in [5, 5.41) is 25.6. The van der Waals surface area contributed by atoms with Crippen molar-refractivity contribution in [1.82, 2.24) is 47.9 Å². The van der Waals surface area contributed by atoms with Crippen molar-refractivity contribution in [2.24, 2.45) is 41.2 Å². The Morgan fingerprint density at radius 2 is 0.740 bits per heavy atom. The lowest BCUT2D eigenvalue weighted by atomic mass is 9.94. The molecule has 0 heterocycles. The lowest BCUT2D eigenvalue weighted by Gasteiger charge is -2.29. The molecular formula is C77H110N10O13. The fourth-order valence-electron chi connectivity index (χ4n) is 11.0. The van der Waals surface area contributed by atoms with Crippen LogP contribution >= 0.6 is 0 Å². The first-order chi connectivity index (χ1) is 47.5. The number of ether oxygens (including phenoxy) is 3. The van der Waals surface area contributed by atoms with E-state index in [9.17, 15) is 47.9 Å². The first kappa shape index (κ1) is 83.0. The van der Waals surface area contributed by atoms with Crippen molar-refractivity contribution in [1.29, 1.82) is 0 Å². The molecule has 0 aliphatic rings. The molecule has 0 aliphatic carbocycles. The van der Waals surface area contributed by atoms with Crippen LogP contribution in [0.1, 0.15) is 144 Å². The molecule has 0 aliphatic heterocycles. The minimum atomic E-state index is -1.26. The summed E-state index contributed by atoms with van der Waals surface area (Å²) in [4.78, 5) is 139. The number of hydrogen-bond acceptors (Lipinski definition) is 14. The molecule has 546 valence electrons. The third-order valence-corrected chi connectivity index (χ3v) is 16.8. The van der Waals surface area contributed by atoms with Gasteiger partial charge in [0.15, 0.2) is 0 Å². The minimum absolute atomic E-state index is 0.000174. The molecule has 0 aromatic heterocycles. The number of nitrogens with one attached hydrogen (secondary N) is 9. The largest absolute Gasteiger partial charge is 0.467 e. The van der Waals surface area contributed by atoms with Crippen molar-refractivity contribution < 1.29 is 62.2 Å². The summed E-state index contributed by atoms with van der Waals surface area (Å²) in [6, 6.07) is 29.4. The topological polar surface area (TPSA) is 333 Å². The lowest BCUT2D eigenvalue weighted by molar-refractivity contribution is -0.146. The molecular weight excluding hydrogens is 1270 g/mol. The number of nitrogens with two attached hydrogens (primary N) is 1. The molecule has 23 heteroatoms. The quantitative estimate of drug-likeness (QED) is 0.00864. The van der Waals surface area contributed by atoms with Crippen LogP contribution in [0, 0.1) is 35.5 Å². The van der Waals surface area contributed by atoms with Crippen LogP contribution in [0.25, 0.3) is 0 Å². The molecule has 9 amide bonds. The average molecular weight is 1380 g/mol. The number of methoxy groups -OCH3 is 1. The van der Waals surface area contributed by atoms with Gasteiger partial charge in [-0.25, -0.2) is 14.4 Å². The van der Waals surface area contributed by atoms with Gasteiger partial charge in [-0.1, -0.05) is 214 Å². The van der Waals surface area contributed by atoms with Gasteiger partial charge in [0.1, 0.15) is 49.5 Å². The first-order valence-corrected chi connectivity index (χ1v) is 34.8. The molecule has 0 saturated carbocycles. The van der Waals surface area contributed by atoms with E-state index in [0.717, 1.165) is 27.8 Å². The predicted molar refractivity (Wildman–Crippen MR) is 386 cm³/mol. The van der Waals surface area contributed by atoms with Gasteiger partial charge in [-0.05, 0) is 111 Å². The number of hydrogen-bond donors (Lipinski definition) is 10. The third-order valence-electron chi connectivity index (χ3n) is 16.8. The van der Waals surface area contributed by atoms with Gasteiger partial charge in [0.25, 0.3) is 0 Å². The Labute approximate surface area is 591 Å². The predicted octanol–water partition coefficient (Wildman–Crippen LogP) is 8.35. The number of amides is 9. The molecule has 100 heavy (non-hydrogen) atoms. The molecule has 0 saturated heterocycles. The van der Waals surface area contributed by atoms with E-state index in [2.05, 4.69) is 47.9 Å². The molecule has 11 N–H and O–H groups in total. The van der Waals surface area contributed by atoms with E-state index >= 15 is 0 Å². The maximum absolute atomic E-state index is 14.9. The molecule has 4 rings (SSSR count). The monoisotopic (exact) mass is 1380 g/mol. The first-order valence-electron chi connectivity index (χ1n) is 34.8. The van der Waals surface area contributed by atoms with Crippen molar-refractivity contribution in [3.8, 4) is 0 Å². The summed E-state index contributed by atoms with van der Waals surface area (Å²) in [6.45, 7) is 21.8. The molecule has 0 radical (unpaired) electrons. The zero-order valence-corrected chi connectivity index (χ0v) is 60.7. The number of carbonyl (C=O) groups excluding carboxylic acids is 10. The van der Waals surface area contributed by atoms with E-state index < -0.39 is 125 Å². The Kier molecular flexibility index (Phi) is 36.5. The SMILES string of the molecule is COC(=O)[C@H](CC(C)C)NC(=O)[C@H](CCCNC(=O)OCc1ccccc1)NC(=O)[C@@H](NC(=O)[C@H](C)/C=C(\C)[C@@H](Cc1ccccc1)NC(=O)[C@H](CC(C)C)NC(=O)[C@H](CCCNC(=O)OCc1ccccc1)NC(=O)[C@@H](NC(=O)[C@H](C)/C=C(\C)[C@H](N)Cc1ccccc1)C(C)C)C(C)C. The van der Waals surface area contributed by atoms with Gasteiger partial charge in [0.05, 0.1) is 25.0 Å². The highest BCUT2D eigenvalue weighted by molar-refractivity contribution is 5.96. The average Bonchev–Trinajstić information content (AvgIpc) is 0.859. The van der Waals surface area contributed by atoms with E-state index in [4.69, 9.17) is 19.9 Å². The highest BCUT2D eigenvalue weighted by Crippen LogP contribution is 2.19. The van der Waals surface area contributed by atoms with Crippen LogP contribution in [0.5, 0.6) is 0 Å². The molecule has 10 atom stereocenters. The third kappa shape index (κ3) is 30.8. The molecule has 0 bridgehead atoms. The van der Waals surface area contributed by atoms with E-state index in [1.165, 1.54) is 7.11 Å². The van der Waals surface area contributed by atoms with Crippen LogP contribution in [0.15, 0.2) is 145 Å². The van der Waals surface area contributed by atoms with Crippen molar-refractivity contribution in [3.05, 3.63) is 167 Å². The highest BCUT2D eigenvalue weighted by Gasteiger charge is 2.35.